The summed E-state index contributed by atoms with van der Waals surface area (Å²) in [5, 5.41) is 6.25. The van der Waals surface area contributed by atoms with E-state index < -0.39 is 0 Å². The average molecular weight is 242 g/mol. The van der Waals surface area contributed by atoms with Crippen molar-refractivity contribution in [1.82, 2.24) is 15.0 Å². The molecule has 0 aliphatic rings. The molecule has 78 valence electrons. The summed E-state index contributed by atoms with van der Waals surface area (Å²) >= 11 is 7.46. The van der Waals surface area contributed by atoms with Crippen molar-refractivity contribution in [3.05, 3.63) is 27.9 Å². The maximum atomic E-state index is 5.90. The number of nitrogens with zero attached hydrogens (tertiary/aromatic N) is 3. The molecule has 5 nitrogen and oxygen atoms in total. The Morgan fingerprint density at radius 2 is 2.27 bits per heavy atom. The Hall–Kier alpha value is -1.40. The molecule has 0 radical (unpaired) electrons. The Kier molecular flexibility index (Phi) is 2.98. The highest BCUT2D eigenvalue weighted by Gasteiger charge is 2.06. The molecule has 15 heavy (non-hydrogen) atoms. The molecule has 2 rings (SSSR count). The van der Waals surface area contributed by atoms with Gasteiger partial charge in [-0.15, -0.1) is 11.3 Å². The number of nitrogens with two attached hydrogens (primary N) is 1. The predicted octanol–water partition coefficient (Wildman–Crippen LogP) is 1.78. The molecular weight excluding hydrogens is 234 g/mol. The van der Waals surface area contributed by atoms with Gasteiger partial charge in [0.15, 0.2) is 5.82 Å². The van der Waals surface area contributed by atoms with E-state index in [4.69, 9.17) is 17.3 Å². The molecule has 0 aliphatic heterocycles. The largest absolute Gasteiger partial charge is 0.382 e. The Morgan fingerprint density at radius 3 is 3.00 bits per heavy atom. The monoisotopic (exact) mass is 241 g/mol. The molecule has 0 aromatic carbocycles. The van der Waals surface area contributed by atoms with Crippen LogP contribution in [0, 0.1) is 0 Å². The first-order valence-electron chi connectivity index (χ1n) is 4.15. The highest BCUT2D eigenvalue weighted by molar-refractivity contribution is 7.09. The molecule has 0 atom stereocenters. The maximum absolute atomic E-state index is 5.90. The van der Waals surface area contributed by atoms with Crippen LogP contribution in [0.5, 0.6) is 0 Å². The molecule has 0 spiro atoms. The fourth-order valence-corrected chi connectivity index (χ4v) is 1.73. The van der Waals surface area contributed by atoms with Crippen LogP contribution in [0.15, 0.2) is 17.9 Å². The van der Waals surface area contributed by atoms with Crippen LogP contribution in [-0.2, 0) is 6.54 Å². The zero-order valence-electron chi connectivity index (χ0n) is 7.64. The summed E-state index contributed by atoms with van der Waals surface area (Å²) in [6.45, 7) is 0.577. The average Bonchev–Trinajstić information content (AvgIpc) is 2.73. The van der Waals surface area contributed by atoms with Crippen LogP contribution < -0.4 is 11.1 Å². The van der Waals surface area contributed by atoms with Gasteiger partial charge >= 0.3 is 0 Å². The third-order valence-electron chi connectivity index (χ3n) is 1.71. The molecule has 0 saturated heterocycles. The highest BCUT2D eigenvalue weighted by Crippen LogP contribution is 2.23. The van der Waals surface area contributed by atoms with Crippen molar-refractivity contribution in [3.63, 3.8) is 0 Å². The third-order valence-corrected chi connectivity index (χ3v) is 2.86. The van der Waals surface area contributed by atoms with Crippen molar-refractivity contribution in [2.75, 3.05) is 11.1 Å². The minimum Gasteiger partial charge on any atom is -0.382 e. The first-order chi connectivity index (χ1) is 7.27. The number of hydrogen-bond acceptors (Lipinski definition) is 6. The summed E-state index contributed by atoms with van der Waals surface area (Å²) in [4.78, 5) is 11.9. The van der Waals surface area contributed by atoms with Crippen LogP contribution in [0.4, 0.5) is 11.6 Å². The number of anilines is 2. The van der Waals surface area contributed by atoms with Gasteiger partial charge in [-0.05, 0) is 0 Å². The van der Waals surface area contributed by atoms with Gasteiger partial charge in [0.2, 0.25) is 0 Å². The van der Waals surface area contributed by atoms with E-state index in [0.717, 1.165) is 5.01 Å². The van der Waals surface area contributed by atoms with Gasteiger partial charge in [-0.25, -0.2) is 15.0 Å². The number of aromatic nitrogens is 3. The Labute approximate surface area is 95.3 Å². The second-order valence-corrected chi connectivity index (χ2v) is 4.06. The summed E-state index contributed by atoms with van der Waals surface area (Å²) in [5.74, 6) is 0.799. The smallest absolute Gasteiger partial charge is 0.150 e. The van der Waals surface area contributed by atoms with Crippen molar-refractivity contribution in [3.8, 4) is 0 Å². The Balaban J connectivity index is 2.08. The quantitative estimate of drug-likeness (QED) is 0.857. The van der Waals surface area contributed by atoms with Gasteiger partial charge in [0.1, 0.15) is 22.2 Å². The minimum atomic E-state index is 0.272. The van der Waals surface area contributed by atoms with E-state index in [2.05, 4.69) is 20.3 Å². The summed E-state index contributed by atoms with van der Waals surface area (Å²) in [7, 11) is 0. The van der Waals surface area contributed by atoms with E-state index in [1.807, 2.05) is 5.38 Å². The molecule has 0 unspecified atom stereocenters. The van der Waals surface area contributed by atoms with Gasteiger partial charge in [-0.1, -0.05) is 11.6 Å². The van der Waals surface area contributed by atoms with Crippen LogP contribution >= 0.6 is 22.9 Å². The molecule has 2 aromatic heterocycles. The van der Waals surface area contributed by atoms with E-state index in [9.17, 15) is 0 Å². The molecule has 0 amide bonds. The van der Waals surface area contributed by atoms with Gasteiger partial charge in [0, 0.05) is 11.6 Å². The number of hydrogen-bond donors (Lipinski definition) is 2. The molecule has 2 heterocycles. The van der Waals surface area contributed by atoms with Crippen LogP contribution in [0.2, 0.25) is 5.02 Å². The standard InChI is InChI=1S/C8H8ClN5S/c9-6-7(10)13-4-14-8(6)12-3-5-11-1-2-15-5/h1-2,4H,3H2,(H3,10,12,13,14). The molecule has 7 heteroatoms. The zero-order chi connectivity index (χ0) is 10.7. The summed E-state index contributed by atoms with van der Waals surface area (Å²) in [5.41, 5.74) is 5.53. The molecule has 2 aromatic rings. The summed E-state index contributed by atoms with van der Waals surface area (Å²) < 4.78 is 0. The molecule has 0 aliphatic carbocycles. The molecular formula is C8H8ClN5S. The zero-order valence-corrected chi connectivity index (χ0v) is 9.22. The molecule has 0 bridgehead atoms. The number of rotatable bonds is 3. The van der Waals surface area contributed by atoms with Crippen molar-refractivity contribution < 1.29 is 0 Å². The lowest BCUT2D eigenvalue weighted by Crippen LogP contribution is -2.04. The van der Waals surface area contributed by atoms with E-state index >= 15 is 0 Å². The van der Waals surface area contributed by atoms with Crippen LogP contribution in [0.25, 0.3) is 0 Å². The predicted molar refractivity (Wildman–Crippen MR) is 60.9 cm³/mol. The Morgan fingerprint density at radius 1 is 1.40 bits per heavy atom. The second kappa shape index (κ2) is 4.41. The van der Waals surface area contributed by atoms with E-state index in [0.29, 0.717) is 17.4 Å². The summed E-state index contributed by atoms with van der Waals surface area (Å²) in [6, 6.07) is 0. The van der Waals surface area contributed by atoms with Crippen molar-refractivity contribution in [2.24, 2.45) is 0 Å². The lowest BCUT2D eigenvalue weighted by Gasteiger charge is -2.05. The van der Waals surface area contributed by atoms with Crippen molar-refractivity contribution >= 4 is 34.6 Å². The van der Waals surface area contributed by atoms with E-state index in [1.54, 1.807) is 17.5 Å². The van der Waals surface area contributed by atoms with E-state index in [1.165, 1.54) is 6.33 Å². The maximum Gasteiger partial charge on any atom is 0.150 e. The summed E-state index contributed by atoms with van der Waals surface area (Å²) in [6.07, 6.45) is 3.11. The first-order valence-corrected chi connectivity index (χ1v) is 5.41. The number of halogens is 1. The minimum absolute atomic E-state index is 0.272. The number of nitrogen functional groups attached to an aromatic ring is 1. The van der Waals surface area contributed by atoms with Crippen LogP contribution in [-0.4, -0.2) is 15.0 Å². The molecule has 0 saturated carbocycles. The second-order valence-electron chi connectivity index (χ2n) is 2.70. The highest BCUT2D eigenvalue weighted by atomic mass is 35.5. The van der Waals surface area contributed by atoms with Gasteiger partial charge < -0.3 is 11.1 Å². The fourth-order valence-electron chi connectivity index (χ4n) is 1.01. The van der Waals surface area contributed by atoms with Crippen LogP contribution in [0.3, 0.4) is 0 Å². The first kappa shape index (κ1) is 10.1. The van der Waals surface area contributed by atoms with Gasteiger partial charge in [-0.3, -0.25) is 0 Å². The van der Waals surface area contributed by atoms with Crippen molar-refractivity contribution in [2.45, 2.75) is 6.54 Å². The number of thiazole rings is 1. The lowest BCUT2D eigenvalue weighted by molar-refractivity contribution is 1.06. The van der Waals surface area contributed by atoms with Gasteiger partial charge in [-0.2, -0.15) is 0 Å². The molecule has 0 fully saturated rings. The fraction of sp³-hybridized carbons (Fsp3) is 0.125. The van der Waals surface area contributed by atoms with Crippen molar-refractivity contribution in [1.29, 1.82) is 0 Å². The Bertz CT molecular complexity index is 444. The topological polar surface area (TPSA) is 76.7 Å². The van der Waals surface area contributed by atoms with Gasteiger partial charge in [0.05, 0.1) is 6.54 Å². The van der Waals surface area contributed by atoms with Crippen LogP contribution in [0.1, 0.15) is 5.01 Å². The lowest BCUT2D eigenvalue weighted by atomic mass is 10.5. The van der Waals surface area contributed by atoms with Gasteiger partial charge in [0.25, 0.3) is 0 Å². The molecule has 3 N–H and O–H groups in total. The number of nitrogens with one attached hydrogen (secondary N) is 1. The van der Waals surface area contributed by atoms with E-state index in [-0.39, 0.29) is 5.82 Å². The SMILES string of the molecule is Nc1ncnc(NCc2nccs2)c1Cl. The third kappa shape index (κ3) is 2.34. The normalized spacial score (nSPS) is 10.2.